The van der Waals surface area contributed by atoms with Gasteiger partial charge in [0, 0.05) is 17.8 Å². The third kappa shape index (κ3) is 3.58. The van der Waals surface area contributed by atoms with Gasteiger partial charge in [-0.05, 0) is 29.4 Å². The summed E-state index contributed by atoms with van der Waals surface area (Å²) in [6, 6.07) is 10.2. The van der Waals surface area contributed by atoms with E-state index in [-0.39, 0.29) is 23.7 Å². The van der Waals surface area contributed by atoms with Crippen LogP contribution in [-0.4, -0.2) is 13.1 Å². The number of carbonyl (C=O) groups excluding carboxylic acids is 1. The summed E-state index contributed by atoms with van der Waals surface area (Å²) in [5.41, 5.74) is 7.16. The SMILES string of the molecule is COC(=O)CC(C)CC(N)c1ccc(F)c2ccccc12. The Kier molecular flexibility index (Phi) is 4.91. The number of hydrogen-bond donors (Lipinski definition) is 1. The summed E-state index contributed by atoms with van der Waals surface area (Å²) in [5, 5.41) is 1.40. The molecular weight excluding hydrogens is 269 g/mol. The number of carbonyl (C=O) groups is 1. The van der Waals surface area contributed by atoms with E-state index in [1.54, 1.807) is 18.2 Å². The number of esters is 1. The van der Waals surface area contributed by atoms with E-state index in [9.17, 15) is 9.18 Å². The smallest absolute Gasteiger partial charge is 0.305 e. The predicted octanol–water partition coefficient (Wildman–Crippen LogP) is 3.57. The van der Waals surface area contributed by atoms with Gasteiger partial charge in [-0.25, -0.2) is 4.39 Å². The van der Waals surface area contributed by atoms with Crippen LogP contribution in [0.25, 0.3) is 10.8 Å². The van der Waals surface area contributed by atoms with Crippen LogP contribution in [0.1, 0.15) is 31.4 Å². The Morgan fingerprint density at radius 2 is 1.90 bits per heavy atom. The number of benzene rings is 2. The zero-order chi connectivity index (χ0) is 15.4. The van der Waals surface area contributed by atoms with Gasteiger partial charge in [-0.15, -0.1) is 0 Å². The van der Waals surface area contributed by atoms with Crippen molar-refractivity contribution in [2.75, 3.05) is 7.11 Å². The van der Waals surface area contributed by atoms with Crippen molar-refractivity contribution in [1.29, 1.82) is 0 Å². The molecule has 2 N–H and O–H groups in total. The van der Waals surface area contributed by atoms with E-state index in [4.69, 9.17) is 5.73 Å². The summed E-state index contributed by atoms with van der Waals surface area (Å²) in [6.07, 6.45) is 0.980. The number of fused-ring (bicyclic) bond motifs is 1. The van der Waals surface area contributed by atoms with Gasteiger partial charge in [-0.1, -0.05) is 37.3 Å². The Hall–Kier alpha value is -1.94. The van der Waals surface area contributed by atoms with E-state index in [0.29, 0.717) is 18.2 Å². The zero-order valence-electron chi connectivity index (χ0n) is 12.3. The zero-order valence-corrected chi connectivity index (χ0v) is 12.3. The maximum Gasteiger partial charge on any atom is 0.305 e. The number of rotatable bonds is 5. The minimum absolute atomic E-state index is 0.108. The van der Waals surface area contributed by atoms with Gasteiger partial charge in [0.1, 0.15) is 5.82 Å². The number of halogens is 1. The maximum absolute atomic E-state index is 13.8. The van der Waals surface area contributed by atoms with Gasteiger partial charge in [0.05, 0.1) is 7.11 Å². The van der Waals surface area contributed by atoms with Crippen molar-refractivity contribution in [2.24, 2.45) is 11.7 Å². The molecule has 0 fully saturated rings. The summed E-state index contributed by atoms with van der Waals surface area (Å²) in [5.74, 6) is -0.376. The molecule has 21 heavy (non-hydrogen) atoms. The molecule has 2 aromatic rings. The molecule has 0 bridgehead atoms. The summed E-state index contributed by atoms with van der Waals surface area (Å²) in [4.78, 5) is 11.3. The molecule has 112 valence electrons. The Bertz CT molecular complexity index is 642. The molecule has 2 atom stereocenters. The average Bonchev–Trinajstić information content (AvgIpc) is 2.47. The second kappa shape index (κ2) is 6.68. The fourth-order valence-electron chi connectivity index (χ4n) is 2.62. The number of hydrogen-bond acceptors (Lipinski definition) is 3. The summed E-state index contributed by atoms with van der Waals surface area (Å²) in [6.45, 7) is 1.96. The van der Waals surface area contributed by atoms with Gasteiger partial charge in [0.15, 0.2) is 0 Å². The van der Waals surface area contributed by atoms with Crippen LogP contribution < -0.4 is 5.73 Å². The lowest BCUT2D eigenvalue weighted by atomic mass is 9.91. The van der Waals surface area contributed by atoms with Crippen LogP contribution in [-0.2, 0) is 9.53 Å². The molecule has 0 heterocycles. The van der Waals surface area contributed by atoms with Gasteiger partial charge in [0.25, 0.3) is 0 Å². The van der Waals surface area contributed by atoms with E-state index >= 15 is 0 Å². The molecule has 4 heteroatoms. The molecule has 0 radical (unpaired) electrons. The van der Waals surface area contributed by atoms with Gasteiger partial charge >= 0.3 is 5.97 Å². The van der Waals surface area contributed by atoms with Crippen LogP contribution in [0.4, 0.5) is 4.39 Å². The highest BCUT2D eigenvalue weighted by molar-refractivity contribution is 5.86. The fourth-order valence-corrected chi connectivity index (χ4v) is 2.62. The third-order valence-electron chi connectivity index (χ3n) is 3.70. The number of nitrogens with two attached hydrogens (primary N) is 1. The Labute approximate surface area is 123 Å². The van der Waals surface area contributed by atoms with Crippen LogP contribution >= 0.6 is 0 Å². The normalized spacial score (nSPS) is 13.9. The van der Waals surface area contributed by atoms with Gasteiger partial charge < -0.3 is 10.5 Å². The van der Waals surface area contributed by atoms with E-state index in [0.717, 1.165) is 10.9 Å². The van der Waals surface area contributed by atoms with Crippen molar-refractivity contribution < 1.29 is 13.9 Å². The molecule has 0 spiro atoms. The first-order valence-electron chi connectivity index (χ1n) is 7.02. The van der Waals surface area contributed by atoms with Crippen LogP contribution in [0.3, 0.4) is 0 Å². The van der Waals surface area contributed by atoms with E-state index in [1.165, 1.54) is 13.2 Å². The molecule has 0 aromatic heterocycles. The standard InChI is InChI=1S/C17H20FNO2/c1-11(10-17(20)21-2)9-16(19)14-7-8-15(18)13-6-4-3-5-12(13)14/h3-8,11,16H,9-10,19H2,1-2H3. The van der Waals surface area contributed by atoms with Crippen molar-refractivity contribution in [3.05, 3.63) is 47.8 Å². The monoisotopic (exact) mass is 289 g/mol. The van der Waals surface area contributed by atoms with E-state index in [1.807, 2.05) is 19.1 Å². The van der Waals surface area contributed by atoms with Crippen LogP contribution in [0.5, 0.6) is 0 Å². The molecule has 2 unspecified atom stereocenters. The van der Waals surface area contributed by atoms with E-state index < -0.39 is 0 Å². The highest BCUT2D eigenvalue weighted by atomic mass is 19.1. The second-order valence-electron chi connectivity index (χ2n) is 5.41. The van der Waals surface area contributed by atoms with Gasteiger partial charge in [0.2, 0.25) is 0 Å². The lowest BCUT2D eigenvalue weighted by Gasteiger charge is -2.18. The third-order valence-corrected chi connectivity index (χ3v) is 3.70. The summed E-state index contributed by atoms with van der Waals surface area (Å²) in [7, 11) is 1.38. The van der Waals surface area contributed by atoms with E-state index in [2.05, 4.69) is 4.74 Å². The minimum Gasteiger partial charge on any atom is -0.469 e. The fraction of sp³-hybridized carbons (Fsp3) is 0.353. The molecule has 2 aromatic carbocycles. The second-order valence-corrected chi connectivity index (χ2v) is 5.41. The average molecular weight is 289 g/mol. The highest BCUT2D eigenvalue weighted by Gasteiger charge is 2.17. The van der Waals surface area contributed by atoms with Gasteiger partial charge in [-0.3, -0.25) is 4.79 Å². The molecule has 0 aliphatic heterocycles. The van der Waals surface area contributed by atoms with Crippen molar-refractivity contribution >= 4 is 16.7 Å². The molecule has 0 aliphatic rings. The molecule has 0 aliphatic carbocycles. The predicted molar refractivity (Wildman–Crippen MR) is 81.2 cm³/mol. The van der Waals surface area contributed by atoms with Crippen LogP contribution in [0, 0.1) is 11.7 Å². The van der Waals surface area contributed by atoms with Crippen LogP contribution in [0.2, 0.25) is 0 Å². The van der Waals surface area contributed by atoms with Crippen molar-refractivity contribution in [1.82, 2.24) is 0 Å². The van der Waals surface area contributed by atoms with Crippen molar-refractivity contribution in [2.45, 2.75) is 25.8 Å². The molecular formula is C17H20FNO2. The Morgan fingerprint density at radius 3 is 2.57 bits per heavy atom. The Balaban J connectivity index is 2.22. The van der Waals surface area contributed by atoms with Crippen LogP contribution in [0.15, 0.2) is 36.4 Å². The minimum atomic E-state index is -0.246. The van der Waals surface area contributed by atoms with Crippen molar-refractivity contribution in [3.8, 4) is 0 Å². The molecule has 2 rings (SSSR count). The summed E-state index contributed by atoms with van der Waals surface area (Å²) >= 11 is 0. The topological polar surface area (TPSA) is 52.3 Å². The maximum atomic E-state index is 13.8. The molecule has 3 nitrogen and oxygen atoms in total. The Morgan fingerprint density at radius 1 is 1.24 bits per heavy atom. The lowest BCUT2D eigenvalue weighted by Crippen LogP contribution is -2.17. The number of ether oxygens (including phenoxy) is 1. The summed E-state index contributed by atoms with van der Waals surface area (Å²) < 4.78 is 18.5. The quantitative estimate of drug-likeness (QED) is 0.856. The molecule has 0 saturated carbocycles. The number of methoxy groups -OCH3 is 1. The molecule has 0 amide bonds. The first kappa shape index (κ1) is 15.4. The lowest BCUT2D eigenvalue weighted by molar-refractivity contribution is -0.141. The first-order chi connectivity index (χ1) is 10.0. The first-order valence-corrected chi connectivity index (χ1v) is 7.02. The highest BCUT2D eigenvalue weighted by Crippen LogP contribution is 2.29. The van der Waals surface area contributed by atoms with Gasteiger partial charge in [-0.2, -0.15) is 0 Å². The largest absolute Gasteiger partial charge is 0.469 e. The van der Waals surface area contributed by atoms with Crippen molar-refractivity contribution in [3.63, 3.8) is 0 Å². The molecule has 0 saturated heterocycles.